The third-order valence-corrected chi connectivity index (χ3v) is 1.80. The molecule has 0 aliphatic carbocycles. The van der Waals surface area contributed by atoms with Crippen molar-refractivity contribution in [2.24, 2.45) is 5.73 Å². The Morgan fingerprint density at radius 1 is 1.62 bits per heavy atom. The maximum atomic E-state index is 11.2. The molecule has 0 radical (unpaired) electrons. The molecule has 0 rings (SSSR count). The van der Waals surface area contributed by atoms with E-state index in [2.05, 4.69) is 9.24 Å². The average Bonchev–Trinajstić information content (AvgIpc) is 2.02. The summed E-state index contributed by atoms with van der Waals surface area (Å²) in [5, 5.41) is 0. The van der Waals surface area contributed by atoms with Crippen LogP contribution in [0.1, 0.15) is 6.42 Å². The van der Waals surface area contributed by atoms with Crippen molar-refractivity contribution in [3.05, 3.63) is 0 Å². The van der Waals surface area contributed by atoms with Gasteiger partial charge in [0.05, 0.1) is 6.54 Å². The number of primary amides is 1. The molecule has 0 aromatic carbocycles. The van der Waals surface area contributed by atoms with Gasteiger partial charge in [-0.05, 0) is 0 Å². The summed E-state index contributed by atoms with van der Waals surface area (Å²) in [6.45, 7) is -0.116. The number of hydrogen-bond donors (Lipinski definition) is 1. The van der Waals surface area contributed by atoms with E-state index in [0.29, 0.717) is 6.29 Å². The van der Waals surface area contributed by atoms with Gasteiger partial charge in [-0.15, -0.1) is 9.24 Å². The van der Waals surface area contributed by atoms with E-state index in [1.165, 1.54) is 11.9 Å². The quantitative estimate of drug-likeness (QED) is 0.449. The Labute approximate surface area is 78.8 Å². The number of nitrogens with zero attached hydrogens (tertiary/aromatic N) is 1. The van der Waals surface area contributed by atoms with Crippen molar-refractivity contribution in [2.45, 2.75) is 12.1 Å². The van der Waals surface area contributed by atoms with E-state index in [1.807, 2.05) is 0 Å². The van der Waals surface area contributed by atoms with Crippen LogP contribution in [0, 0.1) is 0 Å². The number of carbonyl (C=O) groups excluding carboxylic acids is 3. The van der Waals surface area contributed by atoms with Crippen LogP contribution in [0.5, 0.6) is 0 Å². The van der Waals surface area contributed by atoms with Gasteiger partial charge in [-0.3, -0.25) is 9.59 Å². The second kappa shape index (κ2) is 5.65. The summed E-state index contributed by atoms with van der Waals surface area (Å²) in [5.41, 5.74) is 4.49. The lowest BCUT2D eigenvalue weighted by Crippen LogP contribution is -2.36. The fraction of sp³-hybridized carbons (Fsp3) is 0.571. The van der Waals surface area contributed by atoms with Gasteiger partial charge in [0.2, 0.25) is 11.8 Å². The molecule has 0 aliphatic rings. The first-order chi connectivity index (χ1) is 5.97. The Bertz CT molecular complexity index is 220. The lowest BCUT2D eigenvalue weighted by atomic mass is 10.3. The summed E-state index contributed by atoms with van der Waals surface area (Å²) in [6.07, 6.45) is 0.749. The number of hydrogen-bond acceptors (Lipinski definition) is 3. The predicted molar refractivity (Wildman–Crippen MR) is 51.0 cm³/mol. The lowest BCUT2D eigenvalue weighted by Gasteiger charge is -2.15. The van der Waals surface area contributed by atoms with Gasteiger partial charge < -0.3 is 15.4 Å². The molecule has 0 aromatic heterocycles. The van der Waals surface area contributed by atoms with Crippen LogP contribution in [0.15, 0.2) is 0 Å². The normalized spacial score (nSPS) is 11.8. The smallest absolute Gasteiger partial charge is 0.237 e. The van der Waals surface area contributed by atoms with Gasteiger partial charge in [0.15, 0.2) is 0 Å². The Kier molecular flexibility index (Phi) is 5.23. The molecular weight excluding hydrogens is 191 g/mol. The van der Waals surface area contributed by atoms with Crippen LogP contribution in [0.3, 0.4) is 0 Å². The second-order valence-corrected chi connectivity index (χ2v) is 3.58. The Morgan fingerprint density at radius 3 is 2.54 bits per heavy atom. The van der Waals surface area contributed by atoms with Crippen molar-refractivity contribution in [1.82, 2.24) is 4.90 Å². The zero-order valence-electron chi connectivity index (χ0n) is 7.40. The van der Waals surface area contributed by atoms with Crippen molar-refractivity contribution < 1.29 is 14.4 Å². The maximum Gasteiger partial charge on any atom is 0.237 e. The lowest BCUT2D eigenvalue weighted by molar-refractivity contribution is -0.134. The van der Waals surface area contributed by atoms with E-state index in [9.17, 15) is 14.4 Å². The molecule has 13 heavy (non-hydrogen) atoms. The number of rotatable bonds is 5. The minimum absolute atomic E-state index is 0.0813. The first-order valence-corrected chi connectivity index (χ1v) is 4.37. The van der Waals surface area contributed by atoms with Gasteiger partial charge in [-0.25, -0.2) is 0 Å². The van der Waals surface area contributed by atoms with E-state index in [1.54, 1.807) is 0 Å². The van der Waals surface area contributed by atoms with Gasteiger partial charge in [0.1, 0.15) is 6.29 Å². The minimum Gasteiger partial charge on any atom is -0.368 e. The van der Waals surface area contributed by atoms with Crippen LogP contribution in [-0.4, -0.2) is 42.3 Å². The van der Waals surface area contributed by atoms with Gasteiger partial charge in [0.25, 0.3) is 0 Å². The van der Waals surface area contributed by atoms with Gasteiger partial charge in [-0.1, -0.05) is 0 Å². The topological polar surface area (TPSA) is 80.5 Å². The van der Waals surface area contributed by atoms with Crippen LogP contribution in [0.25, 0.3) is 0 Å². The third-order valence-electron chi connectivity index (χ3n) is 1.40. The Morgan fingerprint density at radius 2 is 2.15 bits per heavy atom. The number of amides is 2. The van der Waals surface area contributed by atoms with Crippen LogP contribution >= 0.6 is 9.24 Å². The fourth-order valence-corrected chi connectivity index (χ4v) is 0.929. The summed E-state index contributed by atoms with van der Waals surface area (Å²) >= 11 is 0. The first-order valence-electron chi connectivity index (χ1n) is 3.70. The molecule has 0 aromatic rings. The largest absolute Gasteiger partial charge is 0.368 e. The molecule has 0 spiro atoms. The molecule has 0 fully saturated rings. The molecule has 74 valence electrons. The molecule has 0 aliphatic heterocycles. The third kappa shape index (κ3) is 5.31. The molecule has 0 saturated heterocycles. The van der Waals surface area contributed by atoms with Crippen LogP contribution < -0.4 is 5.73 Å². The average molecular weight is 204 g/mol. The fourth-order valence-electron chi connectivity index (χ4n) is 0.728. The summed E-state index contributed by atoms with van der Waals surface area (Å²) in [7, 11) is 3.70. The highest BCUT2D eigenvalue weighted by Gasteiger charge is 2.13. The standard InChI is InChI=1S/C7H13N2O3P/c1-9(3-6(8)11)7(12)2-5(13)4-10/h4-5H,2-3,13H2,1H3,(H2,8,11). The molecule has 0 heterocycles. The van der Waals surface area contributed by atoms with Crippen molar-refractivity contribution >= 4 is 27.3 Å². The Hall–Kier alpha value is -0.960. The minimum atomic E-state index is -0.567. The molecule has 0 saturated carbocycles. The first kappa shape index (κ1) is 12.0. The molecule has 2 unspecified atom stereocenters. The SMILES string of the molecule is CN(CC(N)=O)C(=O)CC(P)C=O. The molecule has 2 N–H and O–H groups in total. The summed E-state index contributed by atoms with van der Waals surface area (Å²) in [6, 6.07) is 0. The monoisotopic (exact) mass is 204 g/mol. The second-order valence-electron chi connectivity index (χ2n) is 2.72. The molecule has 0 bridgehead atoms. The van der Waals surface area contributed by atoms with Crippen molar-refractivity contribution in [3.63, 3.8) is 0 Å². The van der Waals surface area contributed by atoms with Crippen molar-refractivity contribution in [1.29, 1.82) is 0 Å². The molecule has 2 amide bonds. The van der Waals surface area contributed by atoms with E-state index in [4.69, 9.17) is 5.73 Å². The van der Waals surface area contributed by atoms with Crippen LogP contribution in [0.2, 0.25) is 0 Å². The zero-order chi connectivity index (χ0) is 10.4. The number of likely N-dealkylation sites (N-methyl/N-ethyl adjacent to an activating group) is 1. The highest BCUT2D eigenvalue weighted by atomic mass is 31.0. The zero-order valence-corrected chi connectivity index (χ0v) is 8.55. The number of nitrogens with two attached hydrogens (primary N) is 1. The molecular formula is C7H13N2O3P. The Balaban J connectivity index is 3.95. The maximum absolute atomic E-state index is 11.2. The van der Waals surface area contributed by atoms with Crippen molar-refractivity contribution in [3.8, 4) is 0 Å². The molecule has 6 heteroatoms. The highest BCUT2D eigenvalue weighted by molar-refractivity contribution is 7.19. The van der Waals surface area contributed by atoms with E-state index >= 15 is 0 Å². The van der Waals surface area contributed by atoms with E-state index < -0.39 is 11.6 Å². The van der Waals surface area contributed by atoms with Crippen LogP contribution in [0.4, 0.5) is 0 Å². The summed E-state index contributed by atoms with van der Waals surface area (Å²) < 4.78 is 0. The van der Waals surface area contributed by atoms with Crippen LogP contribution in [-0.2, 0) is 14.4 Å². The number of carbonyl (C=O) groups is 3. The predicted octanol–water partition coefficient (Wildman–Crippen LogP) is -1.24. The summed E-state index contributed by atoms with van der Waals surface area (Å²) in [4.78, 5) is 33.0. The van der Waals surface area contributed by atoms with Gasteiger partial charge in [0, 0.05) is 19.1 Å². The molecule has 5 nitrogen and oxygen atoms in total. The highest BCUT2D eigenvalue weighted by Crippen LogP contribution is 2.03. The van der Waals surface area contributed by atoms with E-state index in [0.717, 1.165) is 0 Å². The number of aldehydes is 1. The van der Waals surface area contributed by atoms with E-state index in [-0.39, 0.29) is 18.9 Å². The van der Waals surface area contributed by atoms with Gasteiger partial charge >= 0.3 is 0 Å². The van der Waals surface area contributed by atoms with Crippen molar-refractivity contribution in [2.75, 3.05) is 13.6 Å². The summed E-state index contributed by atoms with van der Waals surface area (Å²) in [5.74, 6) is -0.840. The molecule has 2 atom stereocenters. The van der Waals surface area contributed by atoms with Gasteiger partial charge in [-0.2, -0.15) is 0 Å².